The fourth-order valence-corrected chi connectivity index (χ4v) is 8.33. The van der Waals surface area contributed by atoms with Gasteiger partial charge in [0, 0.05) is 34.8 Å². The van der Waals surface area contributed by atoms with Gasteiger partial charge in [-0.05, 0) is 49.9 Å². The minimum absolute atomic E-state index is 0. The predicted octanol–water partition coefficient (Wildman–Crippen LogP) is 5.51. The second-order valence-corrected chi connectivity index (χ2v) is 15.3. The van der Waals surface area contributed by atoms with E-state index in [0.29, 0.717) is 48.0 Å². The maximum atomic E-state index is 12.8. The number of benzene rings is 2. The summed E-state index contributed by atoms with van der Waals surface area (Å²) < 4.78 is 52.6. The van der Waals surface area contributed by atoms with Crippen LogP contribution in [-0.2, 0) is 61.8 Å². The Labute approximate surface area is 373 Å². The lowest BCUT2D eigenvalue weighted by molar-refractivity contribution is -0.245. The molecule has 4 aliphatic rings. The van der Waals surface area contributed by atoms with Crippen LogP contribution in [0.1, 0.15) is 95.2 Å². The summed E-state index contributed by atoms with van der Waals surface area (Å²) in [7, 11) is 1.40. The number of hydrogen-bond acceptors (Lipinski definition) is 18. The lowest BCUT2D eigenvalue weighted by Crippen LogP contribution is -2.62. The van der Waals surface area contributed by atoms with Gasteiger partial charge in [-0.3, -0.25) is 23.7 Å². The molecule has 0 bridgehead atoms. The molecule has 2 aliphatic heterocycles. The highest BCUT2D eigenvalue weighted by Crippen LogP contribution is 2.54. The molecule has 0 amide bonds. The first-order valence-electron chi connectivity index (χ1n) is 19.6. The van der Waals surface area contributed by atoms with E-state index in [1.165, 1.54) is 52.0 Å². The van der Waals surface area contributed by atoms with E-state index in [1.807, 2.05) is 0 Å². The molecular formula is C44H51ClN4O15. The summed E-state index contributed by atoms with van der Waals surface area (Å²) >= 11 is 6.15. The molecule has 2 aliphatic carbocycles. The summed E-state index contributed by atoms with van der Waals surface area (Å²) in [6, 6.07) is 17.1. The van der Waals surface area contributed by atoms with Crippen LogP contribution in [0.15, 0.2) is 73.3 Å². The minimum Gasteiger partial charge on any atom is -0.456 e. The van der Waals surface area contributed by atoms with Gasteiger partial charge in [0.15, 0.2) is 47.7 Å². The number of nitrogens with zero attached hydrogens (tertiary/aromatic N) is 4. The van der Waals surface area contributed by atoms with Gasteiger partial charge in [-0.25, -0.2) is 24.5 Å². The van der Waals surface area contributed by atoms with E-state index in [4.69, 9.17) is 54.2 Å². The van der Waals surface area contributed by atoms with Gasteiger partial charge >= 0.3 is 35.8 Å². The minimum atomic E-state index is -1.24. The Bertz CT molecular complexity index is 2330. The van der Waals surface area contributed by atoms with E-state index in [2.05, 4.69) is 15.0 Å². The van der Waals surface area contributed by atoms with E-state index in [0.717, 1.165) is 0 Å². The van der Waals surface area contributed by atoms with Crippen molar-refractivity contribution in [1.82, 2.24) is 19.5 Å². The molecular weight excluding hydrogens is 860 g/mol. The van der Waals surface area contributed by atoms with Crippen LogP contribution < -0.4 is 0 Å². The van der Waals surface area contributed by atoms with Crippen molar-refractivity contribution >= 4 is 58.6 Å². The highest BCUT2D eigenvalue weighted by atomic mass is 35.5. The van der Waals surface area contributed by atoms with Crippen molar-refractivity contribution in [2.75, 3.05) is 7.11 Å². The smallest absolute Gasteiger partial charge is 0.338 e. The first kappa shape index (κ1) is 49.0. The van der Waals surface area contributed by atoms with Gasteiger partial charge in [0.05, 0.1) is 17.5 Å². The van der Waals surface area contributed by atoms with E-state index >= 15 is 0 Å². The second kappa shape index (κ2) is 20.2. The summed E-state index contributed by atoms with van der Waals surface area (Å²) in [4.78, 5) is 84.9. The number of ether oxygens (including phenoxy) is 9. The first-order chi connectivity index (χ1) is 29.7. The van der Waals surface area contributed by atoms with Crippen LogP contribution in [0.5, 0.6) is 0 Å². The van der Waals surface area contributed by atoms with Gasteiger partial charge in [-0.2, -0.15) is 0 Å². The van der Waals surface area contributed by atoms with Gasteiger partial charge < -0.3 is 42.6 Å². The molecule has 344 valence electrons. The van der Waals surface area contributed by atoms with Crippen LogP contribution in [0, 0.1) is 0 Å². The number of fused-ring (bicyclic) bond motifs is 1. The Hall–Kier alpha value is -6.02. The van der Waals surface area contributed by atoms with Gasteiger partial charge in [-0.15, -0.1) is 0 Å². The van der Waals surface area contributed by atoms with E-state index in [1.54, 1.807) is 60.7 Å². The molecule has 2 aromatic carbocycles. The topological polar surface area (TPSA) is 229 Å². The number of halogens is 1. The molecule has 64 heavy (non-hydrogen) atoms. The number of carbonyl (C=O) groups is 6. The van der Waals surface area contributed by atoms with E-state index < -0.39 is 96.2 Å². The number of methoxy groups -OCH3 is 1. The lowest BCUT2D eigenvalue weighted by Gasteiger charge is -2.47. The third-order valence-corrected chi connectivity index (χ3v) is 11.3. The molecule has 4 aromatic rings. The monoisotopic (exact) mass is 910 g/mol. The van der Waals surface area contributed by atoms with Crippen molar-refractivity contribution < 1.29 is 71.4 Å². The Morgan fingerprint density at radius 1 is 0.641 bits per heavy atom. The normalized spacial score (nSPS) is 28.4. The van der Waals surface area contributed by atoms with Gasteiger partial charge in [-0.1, -0.05) is 62.9 Å². The number of carbonyl (C=O) groups excluding carboxylic acids is 6. The number of aromatic nitrogens is 4. The Morgan fingerprint density at radius 2 is 1.11 bits per heavy atom. The summed E-state index contributed by atoms with van der Waals surface area (Å²) in [5.74, 6) is -3.37. The molecule has 4 heterocycles. The average Bonchev–Trinajstić information content (AvgIpc) is 3.90. The summed E-state index contributed by atoms with van der Waals surface area (Å²) in [5.41, 5.74) is -0.920. The third kappa shape index (κ3) is 9.57. The molecule has 8 rings (SSSR count). The molecule has 0 N–H and O–H groups in total. The van der Waals surface area contributed by atoms with Crippen molar-refractivity contribution in [3.8, 4) is 0 Å². The molecule has 4 fully saturated rings. The van der Waals surface area contributed by atoms with E-state index in [-0.39, 0.29) is 20.0 Å². The quantitative estimate of drug-likeness (QED) is 0.108. The molecule has 2 aromatic heterocycles. The van der Waals surface area contributed by atoms with Crippen molar-refractivity contribution in [3.05, 3.63) is 89.6 Å². The van der Waals surface area contributed by atoms with Crippen LogP contribution in [0.2, 0.25) is 5.15 Å². The van der Waals surface area contributed by atoms with Crippen molar-refractivity contribution in [3.63, 3.8) is 0 Å². The Kier molecular flexibility index (Phi) is 15.5. The van der Waals surface area contributed by atoms with Crippen LogP contribution >= 0.6 is 11.6 Å². The number of rotatable bonds is 10. The maximum Gasteiger partial charge on any atom is 0.338 e. The van der Waals surface area contributed by atoms with E-state index in [9.17, 15) is 28.8 Å². The summed E-state index contributed by atoms with van der Waals surface area (Å²) in [5, 5.41) is 0.139. The summed E-state index contributed by atoms with van der Waals surface area (Å²) in [6.45, 7) is 4.99. The molecule has 10 atom stereocenters. The van der Waals surface area contributed by atoms with Crippen molar-refractivity contribution in [2.45, 2.75) is 129 Å². The number of esters is 6. The van der Waals surface area contributed by atoms with Crippen molar-refractivity contribution in [2.24, 2.45) is 0 Å². The molecule has 0 radical (unpaired) electrons. The predicted molar refractivity (Wildman–Crippen MR) is 223 cm³/mol. The standard InChI is InChI=1S/C23H21ClN4O7.C19H22O8.2CH4/c1-12(29)32-17-18(33-13(2)30)23(9-8-15(23)34-22(31)14-6-4-3-5-7-14)35-21(17)28-11-27-16-19(24)25-10-26-20(16)28;1-11(20)24-15-16(25-12(2)21)19(27-18(15)23-3)10-9-14(19)26-17(22)13-7-5-4-6-8-13;;/h3-7,10-11,15,17-18,21H,8-9H2,1-2H3;4-8,14-16,18H,9-10H2,1-3H3;2*1H4/t15-,17?,18-,21-,23-;14-,15?,16-,18-,19-;;/m11../s1. The summed E-state index contributed by atoms with van der Waals surface area (Å²) in [6.07, 6.45) is -2.78. The zero-order chi connectivity index (χ0) is 44.3. The second-order valence-electron chi connectivity index (χ2n) is 14.9. The fourth-order valence-electron chi connectivity index (χ4n) is 8.15. The molecule has 2 spiro atoms. The molecule has 2 saturated carbocycles. The highest BCUT2D eigenvalue weighted by molar-refractivity contribution is 6.33. The Balaban J connectivity index is 0.000000241. The van der Waals surface area contributed by atoms with Crippen LogP contribution in [0.25, 0.3) is 11.2 Å². The van der Waals surface area contributed by atoms with Gasteiger partial charge in [0.25, 0.3) is 0 Å². The van der Waals surface area contributed by atoms with Gasteiger partial charge in [0.1, 0.15) is 35.3 Å². The fraction of sp³-hybridized carbons (Fsp3) is 0.477. The molecule has 20 heteroatoms. The SMILES string of the molecule is C.C.CC(=O)OC1[C@H](n2cnc3c(Cl)ncnc32)O[C@@]2(CC[C@H]2OC(=O)c2ccccc2)[C@@H]1OC(C)=O.CO[C@@H]1O[C@@]2(CC[C@H]2OC(=O)c2ccccc2)[C@H](OC(C)=O)C1OC(C)=O. The molecule has 2 unspecified atom stereocenters. The van der Waals surface area contributed by atoms with Crippen LogP contribution in [0.3, 0.4) is 0 Å². The van der Waals surface area contributed by atoms with Gasteiger partial charge in [0.2, 0.25) is 0 Å². The number of hydrogen-bond donors (Lipinski definition) is 0. The Morgan fingerprint density at radius 3 is 1.56 bits per heavy atom. The van der Waals surface area contributed by atoms with Crippen LogP contribution in [-0.4, -0.2) is 117 Å². The van der Waals surface area contributed by atoms with Crippen molar-refractivity contribution in [1.29, 1.82) is 0 Å². The first-order valence-corrected chi connectivity index (χ1v) is 20.0. The third-order valence-electron chi connectivity index (χ3n) is 11.0. The zero-order valence-electron chi connectivity index (χ0n) is 34.2. The highest BCUT2D eigenvalue weighted by Gasteiger charge is 2.69. The zero-order valence-corrected chi connectivity index (χ0v) is 34.9. The number of imidazole rings is 1. The van der Waals surface area contributed by atoms with Crippen LogP contribution in [0.4, 0.5) is 0 Å². The maximum absolute atomic E-state index is 12.8. The molecule has 2 saturated heterocycles. The largest absolute Gasteiger partial charge is 0.456 e. The lowest BCUT2D eigenvalue weighted by atomic mass is 9.72. The average molecular weight is 911 g/mol. The molecule has 19 nitrogen and oxygen atoms in total.